The number of hydrogen-bond acceptors (Lipinski definition) is 3. The molecular formula is C14H19BrN2O. The first kappa shape index (κ1) is 12.5. The molecule has 0 aliphatic carbocycles. The van der Waals surface area contributed by atoms with Crippen LogP contribution in [0, 0.1) is 11.8 Å². The van der Waals surface area contributed by atoms with Gasteiger partial charge >= 0.3 is 0 Å². The molecule has 0 spiro atoms. The Morgan fingerprint density at radius 1 is 1.33 bits per heavy atom. The predicted molar refractivity (Wildman–Crippen MR) is 75.8 cm³/mol. The van der Waals surface area contributed by atoms with Gasteiger partial charge in [-0.1, -0.05) is 15.9 Å². The van der Waals surface area contributed by atoms with E-state index in [1.54, 1.807) is 7.11 Å². The number of methoxy groups -OCH3 is 1. The molecule has 2 aliphatic heterocycles. The Labute approximate surface area is 117 Å². The molecule has 2 atom stereocenters. The molecule has 18 heavy (non-hydrogen) atoms. The highest BCUT2D eigenvalue weighted by Gasteiger charge is 2.35. The molecule has 2 fully saturated rings. The maximum atomic E-state index is 5.44. The summed E-state index contributed by atoms with van der Waals surface area (Å²) in [6, 6.07) is 6.24. The van der Waals surface area contributed by atoms with Crippen molar-refractivity contribution in [3.63, 3.8) is 0 Å². The molecule has 0 bridgehead atoms. The maximum Gasteiger partial charge on any atom is 0.123 e. The van der Waals surface area contributed by atoms with Gasteiger partial charge in [-0.25, -0.2) is 0 Å². The second-order valence-corrected chi connectivity index (χ2v) is 6.24. The Hall–Kier alpha value is -0.580. The first-order chi connectivity index (χ1) is 8.76. The summed E-state index contributed by atoms with van der Waals surface area (Å²) in [5.74, 6) is 2.69. The summed E-state index contributed by atoms with van der Waals surface area (Å²) >= 11 is 3.54. The lowest BCUT2D eigenvalue weighted by molar-refractivity contribution is 0.298. The van der Waals surface area contributed by atoms with Gasteiger partial charge in [0.15, 0.2) is 0 Å². The van der Waals surface area contributed by atoms with Crippen LogP contribution in [0.5, 0.6) is 5.75 Å². The summed E-state index contributed by atoms with van der Waals surface area (Å²) in [6.07, 6.45) is 0. The maximum absolute atomic E-state index is 5.44. The van der Waals surface area contributed by atoms with E-state index in [1.165, 1.54) is 31.7 Å². The third-order valence-electron chi connectivity index (χ3n) is 4.10. The van der Waals surface area contributed by atoms with Gasteiger partial charge in [0.05, 0.1) is 7.11 Å². The summed E-state index contributed by atoms with van der Waals surface area (Å²) < 4.78 is 6.57. The van der Waals surface area contributed by atoms with Crippen LogP contribution in [-0.4, -0.2) is 38.2 Å². The van der Waals surface area contributed by atoms with E-state index in [0.717, 1.165) is 28.6 Å². The molecule has 2 aliphatic rings. The molecule has 98 valence electrons. The Morgan fingerprint density at radius 3 is 2.72 bits per heavy atom. The molecular weight excluding hydrogens is 292 g/mol. The fourth-order valence-corrected chi connectivity index (χ4v) is 3.60. The molecule has 1 N–H and O–H groups in total. The average Bonchev–Trinajstić information content (AvgIpc) is 2.90. The van der Waals surface area contributed by atoms with Crippen molar-refractivity contribution in [3.8, 4) is 5.75 Å². The fourth-order valence-electron chi connectivity index (χ4n) is 3.19. The van der Waals surface area contributed by atoms with Crippen molar-refractivity contribution in [1.29, 1.82) is 0 Å². The van der Waals surface area contributed by atoms with Crippen LogP contribution in [0.1, 0.15) is 5.56 Å². The van der Waals surface area contributed by atoms with Crippen LogP contribution in [0.2, 0.25) is 0 Å². The quantitative estimate of drug-likeness (QED) is 0.925. The van der Waals surface area contributed by atoms with E-state index in [1.807, 2.05) is 12.1 Å². The van der Waals surface area contributed by atoms with E-state index in [2.05, 4.69) is 32.2 Å². The smallest absolute Gasteiger partial charge is 0.123 e. The molecule has 3 rings (SSSR count). The molecule has 2 unspecified atom stereocenters. The number of fused-ring (bicyclic) bond motifs is 1. The fraction of sp³-hybridized carbons (Fsp3) is 0.571. The average molecular weight is 311 g/mol. The minimum Gasteiger partial charge on any atom is -0.496 e. The molecule has 3 nitrogen and oxygen atoms in total. The van der Waals surface area contributed by atoms with Gasteiger partial charge in [-0.2, -0.15) is 0 Å². The van der Waals surface area contributed by atoms with Gasteiger partial charge in [-0.3, -0.25) is 4.90 Å². The Kier molecular flexibility index (Phi) is 3.59. The number of rotatable bonds is 3. The normalized spacial score (nSPS) is 27.4. The van der Waals surface area contributed by atoms with Crippen LogP contribution in [0.4, 0.5) is 0 Å². The molecule has 1 aromatic carbocycles. The first-order valence-electron chi connectivity index (χ1n) is 6.52. The lowest BCUT2D eigenvalue weighted by Crippen LogP contribution is -2.25. The van der Waals surface area contributed by atoms with Crippen molar-refractivity contribution in [1.82, 2.24) is 10.2 Å². The lowest BCUT2D eigenvalue weighted by atomic mass is 10.0. The molecule has 0 aromatic heterocycles. The number of halogens is 1. The second-order valence-electron chi connectivity index (χ2n) is 5.33. The van der Waals surface area contributed by atoms with Gasteiger partial charge in [0.1, 0.15) is 5.75 Å². The lowest BCUT2D eigenvalue weighted by Gasteiger charge is -2.19. The zero-order valence-electron chi connectivity index (χ0n) is 10.7. The van der Waals surface area contributed by atoms with Crippen LogP contribution in [0.3, 0.4) is 0 Å². The zero-order valence-corrected chi connectivity index (χ0v) is 12.2. The van der Waals surface area contributed by atoms with Crippen molar-refractivity contribution in [2.45, 2.75) is 6.54 Å². The van der Waals surface area contributed by atoms with Crippen LogP contribution >= 0.6 is 15.9 Å². The monoisotopic (exact) mass is 310 g/mol. The summed E-state index contributed by atoms with van der Waals surface area (Å²) in [5, 5.41) is 3.48. The van der Waals surface area contributed by atoms with Crippen LogP contribution in [0.25, 0.3) is 0 Å². The Bertz CT molecular complexity index is 426. The Morgan fingerprint density at radius 2 is 2.06 bits per heavy atom. The number of nitrogens with one attached hydrogen (secondary N) is 1. The Balaban J connectivity index is 1.71. The molecule has 1 aromatic rings. The minimum absolute atomic E-state index is 0.850. The number of ether oxygens (including phenoxy) is 1. The molecule has 2 saturated heterocycles. The highest BCUT2D eigenvalue weighted by atomic mass is 79.9. The predicted octanol–water partition coefficient (Wildman–Crippen LogP) is 2.11. The number of nitrogens with zero attached hydrogens (tertiary/aromatic N) is 1. The van der Waals surface area contributed by atoms with E-state index < -0.39 is 0 Å². The topological polar surface area (TPSA) is 24.5 Å². The summed E-state index contributed by atoms with van der Waals surface area (Å²) in [7, 11) is 1.75. The highest BCUT2D eigenvalue weighted by molar-refractivity contribution is 9.10. The van der Waals surface area contributed by atoms with E-state index in [4.69, 9.17) is 4.74 Å². The second kappa shape index (κ2) is 5.19. The third kappa shape index (κ3) is 2.42. The van der Waals surface area contributed by atoms with Crippen molar-refractivity contribution in [3.05, 3.63) is 28.2 Å². The summed E-state index contributed by atoms with van der Waals surface area (Å²) in [6.45, 7) is 5.81. The molecule has 4 heteroatoms. The largest absolute Gasteiger partial charge is 0.496 e. The van der Waals surface area contributed by atoms with E-state index in [0.29, 0.717) is 0 Å². The molecule has 2 heterocycles. The third-order valence-corrected chi connectivity index (χ3v) is 4.59. The van der Waals surface area contributed by atoms with Gasteiger partial charge in [-0.15, -0.1) is 0 Å². The van der Waals surface area contributed by atoms with Crippen LogP contribution in [0.15, 0.2) is 22.7 Å². The van der Waals surface area contributed by atoms with Crippen molar-refractivity contribution in [2.24, 2.45) is 11.8 Å². The molecule has 0 saturated carbocycles. The standard InChI is InChI=1S/C14H19BrN2O/c1-18-14-3-2-13(15)4-10(14)7-17-8-11-5-16-6-12(11)9-17/h2-4,11-12,16H,5-9H2,1H3. The van der Waals surface area contributed by atoms with E-state index >= 15 is 0 Å². The highest BCUT2D eigenvalue weighted by Crippen LogP contribution is 2.30. The van der Waals surface area contributed by atoms with Gasteiger partial charge < -0.3 is 10.1 Å². The number of hydrogen-bond donors (Lipinski definition) is 1. The number of benzene rings is 1. The molecule has 0 radical (unpaired) electrons. The van der Waals surface area contributed by atoms with Crippen molar-refractivity contribution < 1.29 is 4.74 Å². The van der Waals surface area contributed by atoms with Crippen LogP contribution < -0.4 is 10.1 Å². The summed E-state index contributed by atoms with van der Waals surface area (Å²) in [5.41, 5.74) is 1.28. The molecule has 0 amide bonds. The van der Waals surface area contributed by atoms with E-state index in [9.17, 15) is 0 Å². The van der Waals surface area contributed by atoms with Crippen LogP contribution in [-0.2, 0) is 6.54 Å². The minimum atomic E-state index is 0.850. The SMILES string of the molecule is COc1ccc(Br)cc1CN1CC2CNCC2C1. The number of likely N-dealkylation sites (tertiary alicyclic amines) is 1. The van der Waals surface area contributed by atoms with Gasteiger partial charge in [0, 0.05) is 29.7 Å². The van der Waals surface area contributed by atoms with Gasteiger partial charge in [0.2, 0.25) is 0 Å². The van der Waals surface area contributed by atoms with Gasteiger partial charge in [-0.05, 0) is 43.1 Å². The van der Waals surface area contributed by atoms with Crippen molar-refractivity contribution in [2.75, 3.05) is 33.3 Å². The van der Waals surface area contributed by atoms with Crippen molar-refractivity contribution >= 4 is 15.9 Å². The summed E-state index contributed by atoms with van der Waals surface area (Å²) in [4.78, 5) is 2.56. The first-order valence-corrected chi connectivity index (χ1v) is 7.31. The van der Waals surface area contributed by atoms with Gasteiger partial charge in [0.25, 0.3) is 0 Å². The van der Waals surface area contributed by atoms with E-state index in [-0.39, 0.29) is 0 Å². The zero-order chi connectivity index (χ0) is 12.5.